The van der Waals surface area contributed by atoms with Crippen LogP contribution in [0.1, 0.15) is 50.1 Å². The van der Waals surface area contributed by atoms with Crippen molar-refractivity contribution in [1.29, 1.82) is 0 Å². The van der Waals surface area contributed by atoms with Gasteiger partial charge in [-0.1, -0.05) is 19.0 Å². The summed E-state index contributed by atoms with van der Waals surface area (Å²) in [4.78, 5) is 12.1. The topological polar surface area (TPSA) is 81.2 Å². The van der Waals surface area contributed by atoms with E-state index in [9.17, 15) is 4.79 Å². The van der Waals surface area contributed by atoms with Crippen LogP contribution in [0.2, 0.25) is 0 Å². The molecule has 2 atom stereocenters. The van der Waals surface area contributed by atoms with Gasteiger partial charge >= 0.3 is 0 Å². The number of nitrogens with two attached hydrogens (primary N) is 1. The fourth-order valence-electron chi connectivity index (χ4n) is 2.71. The Morgan fingerprint density at radius 1 is 1.40 bits per heavy atom. The van der Waals surface area contributed by atoms with E-state index in [4.69, 9.17) is 10.3 Å². The number of carbonyl (C=O) groups is 1. The third-order valence-electron chi connectivity index (χ3n) is 3.89. The zero-order valence-corrected chi connectivity index (χ0v) is 13.0. The minimum atomic E-state index is 0. The molecule has 1 heterocycles. The van der Waals surface area contributed by atoms with Gasteiger partial charge in [0.15, 0.2) is 0 Å². The minimum absolute atomic E-state index is 0. The third kappa shape index (κ3) is 3.73. The van der Waals surface area contributed by atoms with Crippen LogP contribution in [0.25, 0.3) is 0 Å². The van der Waals surface area contributed by atoms with Crippen LogP contribution in [0.15, 0.2) is 4.52 Å². The van der Waals surface area contributed by atoms with E-state index in [1.807, 2.05) is 13.8 Å². The van der Waals surface area contributed by atoms with Crippen molar-refractivity contribution in [2.75, 3.05) is 0 Å². The van der Waals surface area contributed by atoms with E-state index in [1.165, 1.54) is 0 Å². The number of nitrogens with zero attached hydrogens (tertiary/aromatic N) is 1. The molecule has 1 aromatic heterocycles. The number of hydrogen-bond acceptors (Lipinski definition) is 4. The molecule has 0 aromatic carbocycles. The Labute approximate surface area is 126 Å². The smallest absolute Gasteiger partial charge is 0.223 e. The van der Waals surface area contributed by atoms with E-state index in [2.05, 4.69) is 10.5 Å². The van der Waals surface area contributed by atoms with Crippen molar-refractivity contribution < 1.29 is 9.32 Å². The van der Waals surface area contributed by atoms with Crippen LogP contribution in [-0.2, 0) is 24.2 Å². The minimum Gasteiger partial charge on any atom is -0.361 e. The predicted molar refractivity (Wildman–Crippen MR) is 79.7 cm³/mol. The van der Waals surface area contributed by atoms with Crippen molar-refractivity contribution >= 4 is 18.3 Å². The number of aromatic nitrogens is 1. The highest BCUT2D eigenvalue weighted by atomic mass is 35.5. The van der Waals surface area contributed by atoms with Crippen LogP contribution in [0.4, 0.5) is 0 Å². The van der Waals surface area contributed by atoms with Crippen LogP contribution in [-0.4, -0.2) is 17.1 Å². The highest BCUT2D eigenvalue weighted by Gasteiger charge is 2.27. The summed E-state index contributed by atoms with van der Waals surface area (Å²) in [5.74, 6) is 1.06. The van der Waals surface area contributed by atoms with Gasteiger partial charge in [-0.25, -0.2) is 0 Å². The third-order valence-corrected chi connectivity index (χ3v) is 3.89. The zero-order chi connectivity index (χ0) is 13.8. The van der Waals surface area contributed by atoms with Gasteiger partial charge in [0.2, 0.25) is 5.91 Å². The lowest BCUT2D eigenvalue weighted by Gasteiger charge is -2.11. The number of aryl methyl sites for hydroxylation is 2. The van der Waals surface area contributed by atoms with E-state index < -0.39 is 0 Å². The number of carbonyl (C=O) groups excluding carboxylic acids is 1. The number of rotatable bonds is 5. The maximum absolute atomic E-state index is 12.1. The van der Waals surface area contributed by atoms with E-state index in [1.54, 1.807) is 0 Å². The molecule has 6 heteroatoms. The molecule has 5 nitrogen and oxygen atoms in total. The Morgan fingerprint density at radius 3 is 2.70 bits per heavy atom. The number of hydrogen-bond donors (Lipinski definition) is 2. The summed E-state index contributed by atoms with van der Waals surface area (Å²) >= 11 is 0. The molecule has 0 spiro atoms. The highest BCUT2D eigenvalue weighted by molar-refractivity contribution is 5.85. The first kappa shape index (κ1) is 17.0. The van der Waals surface area contributed by atoms with Crippen molar-refractivity contribution in [1.82, 2.24) is 10.5 Å². The lowest BCUT2D eigenvalue weighted by atomic mass is 10.1. The first-order valence-corrected chi connectivity index (χ1v) is 7.15. The molecule has 3 N–H and O–H groups in total. The normalized spacial score (nSPS) is 21.6. The SMILES string of the molecule is CCc1noc(CC)c1CNC(=O)C1CCC(N)C1.Cl. The average molecular weight is 302 g/mol. The molecule has 0 saturated heterocycles. The summed E-state index contributed by atoms with van der Waals surface area (Å²) in [6.07, 6.45) is 4.27. The van der Waals surface area contributed by atoms with Crippen LogP contribution in [0, 0.1) is 5.92 Å². The Kier molecular flexibility index (Phi) is 6.49. The van der Waals surface area contributed by atoms with E-state index >= 15 is 0 Å². The van der Waals surface area contributed by atoms with Gasteiger partial charge in [0, 0.05) is 30.5 Å². The van der Waals surface area contributed by atoms with Gasteiger partial charge < -0.3 is 15.6 Å². The first-order valence-electron chi connectivity index (χ1n) is 7.15. The second-order valence-corrected chi connectivity index (χ2v) is 5.23. The van der Waals surface area contributed by atoms with Crippen LogP contribution >= 0.6 is 12.4 Å². The number of amides is 1. The Morgan fingerprint density at radius 2 is 2.15 bits per heavy atom. The van der Waals surface area contributed by atoms with Crippen molar-refractivity contribution in [3.63, 3.8) is 0 Å². The molecule has 1 aliphatic rings. The van der Waals surface area contributed by atoms with Gasteiger partial charge in [-0.15, -0.1) is 12.4 Å². The van der Waals surface area contributed by atoms with Crippen molar-refractivity contribution in [3.05, 3.63) is 17.0 Å². The number of nitrogens with one attached hydrogen (secondary N) is 1. The fraction of sp³-hybridized carbons (Fsp3) is 0.714. The molecule has 20 heavy (non-hydrogen) atoms. The van der Waals surface area contributed by atoms with Gasteiger partial charge in [-0.05, 0) is 25.7 Å². The van der Waals surface area contributed by atoms with E-state index in [0.29, 0.717) is 6.54 Å². The molecule has 0 aliphatic heterocycles. The molecular formula is C14H24ClN3O2. The molecule has 1 saturated carbocycles. The maximum Gasteiger partial charge on any atom is 0.223 e. The standard InChI is InChI=1S/C14H23N3O2.ClH/c1-3-12-11(13(4-2)19-17-12)8-16-14(18)9-5-6-10(15)7-9;/h9-10H,3-8,15H2,1-2H3,(H,16,18);1H. The Balaban J connectivity index is 0.00000200. The summed E-state index contributed by atoms with van der Waals surface area (Å²) in [7, 11) is 0. The summed E-state index contributed by atoms with van der Waals surface area (Å²) in [6, 6.07) is 0.184. The lowest BCUT2D eigenvalue weighted by molar-refractivity contribution is -0.125. The van der Waals surface area contributed by atoms with Crippen molar-refractivity contribution in [2.24, 2.45) is 11.7 Å². The summed E-state index contributed by atoms with van der Waals surface area (Å²) < 4.78 is 5.29. The maximum atomic E-state index is 12.1. The van der Waals surface area contributed by atoms with E-state index in [0.717, 1.165) is 49.1 Å². The fourth-order valence-corrected chi connectivity index (χ4v) is 2.71. The Bertz CT molecular complexity index is 426. The largest absolute Gasteiger partial charge is 0.361 e. The van der Waals surface area contributed by atoms with E-state index in [-0.39, 0.29) is 30.3 Å². The quantitative estimate of drug-likeness (QED) is 0.871. The summed E-state index contributed by atoms with van der Waals surface area (Å²) in [6.45, 7) is 4.58. The molecule has 0 bridgehead atoms. The molecule has 1 aromatic rings. The van der Waals surface area contributed by atoms with Gasteiger partial charge in [0.05, 0.1) is 5.69 Å². The lowest BCUT2D eigenvalue weighted by Crippen LogP contribution is -2.30. The van der Waals surface area contributed by atoms with Crippen molar-refractivity contribution in [3.8, 4) is 0 Å². The first-order chi connectivity index (χ1) is 9.15. The molecule has 114 valence electrons. The van der Waals surface area contributed by atoms with Crippen LogP contribution < -0.4 is 11.1 Å². The van der Waals surface area contributed by atoms with Gasteiger partial charge in [-0.2, -0.15) is 0 Å². The molecular weight excluding hydrogens is 278 g/mol. The number of halogens is 1. The molecule has 1 amide bonds. The van der Waals surface area contributed by atoms with Crippen LogP contribution in [0.5, 0.6) is 0 Å². The molecule has 0 radical (unpaired) electrons. The monoisotopic (exact) mass is 301 g/mol. The Hall–Kier alpha value is -1.07. The molecule has 2 unspecified atom stereocenters. The van der Waals surface area contributed by atoms with Gasteiger partial charge in [-0.3, -0.25) is 4.79 Å². The van der Waals surface area contributed by atoms with Gasteiger partial charge in [0.1, 0.15) is 5.76 Å². The summed E-state index contributed by atoms with van der Waals surface area (Å²) in [5.41, 5.74) is 7.83. The second-order valence-electron chi connectivity index (χ2n) is 5.23. The molecule has 1 fully saturated rings. The van der Waals surface area contributed by atoms with Crippen molar-refractivity contribution in [2.45, 2.75) is 58.5 Å². The highest BCUT2D eigenvalue weighted by Crippen LogP contribution is 2.24. The van der Waals surface area contributed by atoms with Crippen LogP contribution in [0.3, 0.4) is 0 Å². The average Bonchev–Trinajstić information content (AvgIpc) is 3.01. The van der Waals surface area contributed by atoms with Gasteiger partial charge in [0.25, 0.3) is 0 Å². The molecule has 1 aliphatic carbocycles. The zero-order valence-electron chi connectivity index (χ0n) is 12.1. The summed E-state index contributed by atoms with van der Waals surface area (Å²) in [5, 5.41) is 7.05. The molecule has 2 rings (SSSR count). The second kappa shape index (κ2) is 7.64. The predicted octanol–water partition coefficient (Wildman–Crippen LogP) is 1.96.